The molecule has 0 atom stereocenters. The van der Waals surface area contributed by atoms with Crippen LogP contribution in [-0.2, 0) is 10.0 Å². The summed E-state index contributed by atoms with van der Waals surface area (Å²) in [4.78, 5) is 14.4. The van der Waals surface area contributed by atoms with E-state index >= 15 is 0 Å². The lowest BCUT2D eigenvalue weighted by atomic mass is 10.2. The Morgan fingerprint density at radius 3 is 2.26 bits per heavy atom. The van der Waals surface area contributed by atoms with Gasteiger partial charge < -0.3 is 10.2 Å². The van der Waals surface area contributed by atoms with Gasteiger partial charge in [0.1, 0.15) is 0 Å². The van der Waals surface area contributed by atoms with Gasteiger partial charge in [-0.1, -0.05) is 6.92 Å². The van der Waals surface area contributed by atoms with Crippen molar-refractivity contribution in [2.24, 2.45) is 0 Å². The van der Waals surface area contributed by atoms with Crippen LogP contribution in [0.5, 0.6) is 0 Å². The molecule has 1 saturated heterocycles. The van der Waals surface area contributed by atoms with Gasteiger partial charge in [0.15, 0.2) is 0 Å². The van der Waals surface area contributed by atoms with E-state index in [-0.39, 0.29) is 10.8 Å². The van der Waals surface area contributed by atoms with Crippen molar-refractivity contribution in [1.82, 2.24) is 14.5 Å². The van der Waals surface area contributed by atoms with Crippen molar-refractivity contribution in [3.8, 4) is 0 Å². The number of nitrogens with zero attached hydrogens (tertiary/aromatic N) is 2. The van der Waals surface area contributed by atoms with E-state index in [9.17, 15) is 13.2 Å². The Hall–Kier alpha value is -1.44. The first kappa shape index (κ1) is 16.4. The summed E-state index contributed by atoms with van der Waals surface area (Å²) in [6.07, 6.45) is 2.06. The molecule has 23 heavy (non-hydrogen) atoms. The highest BCUT2D eigenvalue weighted by Crippen LogP contribution is 2.21. The second-order valence-electron chi connectivity index (χ2n) is 6.11. The van der Waals surface area contributed by atoms with Crippen molar-refractivity contribution in [3.05, 3.63) is 29.8 Å². The molecule has 6 nitrogen and oxygen atoms in total. The average molecular weight is 337 g/mol. The minimum atomic E-state index is -3.47. The first-order valence-corrected chi connectivity index (χ1v) is 9.58. The van der Waals surface area contributed by atoms with E-state index in [2.05, 4.69) is 17.1 Å². The molecule has 1 saturated carbocycles. The van der Waals surface area contributed by atoms with Crippen LogP contribution < -0.4 is 5.32 Å². The maximum absolute atomic E-state index is 12.7. The molecule has 2 fully saturated rings. The van der Waals surface area contributed by atoms with Crippen molar-refractivity contribution in [2.45, 2.75) is 30.7 Å². The first-order chi connectivity index (χ1) is 11.0. The molecule has 1 aromatic rings. The van der Waals surface area contributed by atoms with Crippen LogP contribution in [0.1, 0.15) is 30.1 Å². The van der Waals surface area contributed by atoms with Crippen LogP contribution in [0.3, 0.4) is 0 Å². The number of carbonyl (C=O) groups is 1. The predicted molar refractivity (Wildman–Crippen MR) is 87.8 cm³/mol. The first-order valence-electron chi connectivity index (χ1n) is 8.14. The molecule has 0 spiro atoms. The van der Waals surface area contributed by atoms with Gasteiger partial charge in [0, 0.05) is 37.8 Å². The number of carbonyl (C=O) groups excluding carboxylic acids is 1. The van der Waals surface area contributed by atoms with Crippen molar-refractivity contribution in [1.29, 1.82) is 0 Å². The smallest absolute Gasteiger partial charge is 0.251 e. The zero-order valence-electron chi connectivity index (χ0n) is 13.4. The van der Waals surface area contributed by atoms with Crippen LogP contribution in [0.2, 0.25) is 0 Å². The Morgan fingerprint density at radius 1 is 1.13 bits per heavy atom. The number of likely N-dealkylation sites (N-methyl/N-ethyl adjacent to an activating group) is 1. The highest BCUT2D eigenvalue weighted by atomic mass is 32.2. The third-order valence-electron chi connectivity index (χ3n) is 4.45. The number of nitrogens with one attached hydrogen (secondary N) is 1. The summed E-state index contributed by atoms with van der Waals surface area (Å²) in [5, 5.41) is 2.90. The number of hydrogen-bond donors (Lipinski definition) is 1. The Bertz CT molecular complexity index is 660. The van der Waals surface area contributed by atoms with Gasteiger partial charge in [-0.15, -0.1) is 0 Å². The SMILES string of the molecule is CCN1CCN(S(=O)(=O)c2ccc(C(=O)NC3CC3)cc2)CC1. The molecule has 3 rings (SSSR count). The van der Waals surface area contributed by atoms with Crippen LogP contribution in [0.4, 0.5) is 0 Å². The fourth-order valence-corrected chi connectivity index (χ4v) is 4.13. The minimum Gasteiger partial charge on any atom is -0.349 e. The summed E-state index contributed by atoms with van der Waals surface area (Å²) in [6.45, 7) is 5.57. The maximum atomic E-state index is 12.7. The van der Waals surface area contributed by atoms with E-state index in [1.807, 2.05) is 0 Å². The predicted octanol–water partition coefficient (Wildman–Crippen LogP) is 0.905. The van der Waals surface area contributed by atoms with Gasteiger partial charge in [-0.3, -0.25) is 4.79 Å². The molecule has 2 aliphatic rings. The summed E-state index contributed by atoms with van der Waals surface area (Å²) in [5.74, 6) is -0.131. The van der Waals surface area contributed by atoms with Crippen LogP contribution in [0.15, 0.2) is 29.2 Å². The third-order valence-corrected chi connectivity index (χ3v) is 6.36. The van der Waals surface area contributed by atoms with Gasteiger partial charge in [-0.2, -0.15) is 4.31 Å². The quantitative estimate of drug-likeness (QED) is 0.867. The molecule has 7 heteroatoms. The lowest BCUT2D eigenvalue weighted by Crippen LogP contribution is -2.48. The zero-order chi connectivity index (χ0) is 16.4. The summed E-state index contributed by atoms with van der Waals surface area (Å²) in [7, 11) is -3.47. The molecule has 0 bridgehead atoms. The van der Waals surface area contributed by atoms with Crippen LogP contribution >= 0.6 is 0 Å². The largest absolute Gasteiger partial charge is 0.349 e. The minimum absolute atomic E-state index is 0.131. The number of piperazine rings is 1. The van der Waals surface area contributed by atoms with E-state index in [0.29, 0.717) is 24.7 Å². The van der Waals surface area contributed by atoms with E-state index < -0.39 is 10.0 Å². The normalized spacial score (nSPS) is 20.4. The van der Waals surface area contributed by atoms with Gasteiger partial charge in [0.2, 0.25) is 10.0 Å². The van der Waals surface area contributed by atoms with Gasteiger partial charge >= 0.3 is 0 Å². The summed E-state index contributed by atoms with van der Waals surface area (Å²) in [6, 6.07) is 6.53. The van der Waals surface area contributed by atoms with E-state index in [1.54, 1.807) is 12.1 Å². The number of sulfonamides is 1. The fourth-order valence-electron chi connectivity index (χ4n) is 2.71. The Kier molecular flexibility index (Phi) is 4.70. The molecule has 1 aliphatic heterocycles. The van der Waals surface area contributed by atoms with Gasteiger partial charge in [0.25, 0.3) is 5.91 Å². The third kappa shape index (κ3) is 3.73. The number of benzene rings is 1. The number of amides is 1. The summed E-state index contributed by atoms with van der Waals surface area (Å²) < 4.78 is 26.8. The van der Waals surface area contributed by atoms with Gasteiger partial charge in [0.05, 0.1) is 4.90 Å². The molecular weight excluding hydrogens is 314 g/mol. The van der Waals surface area contributed by atoms with E-state index in [1.165, 1.54) is 16.4 Å². The summed E-state index contributed by atoms with van der Waals surface area (Å²) >= 11 is 0. The van der Waals surface area contributed by atoms with Crippen LogP contribution in [0, 0.1) is 0 Å². The van der Waals surface area contributed by atoms with Crippen LogP contribution in [-0.4, -0.2) is 62.3 Å². The molecule has 0 radical (unpaired) electrons. The lowest BCUT2D eigenvalue weighted by molar-refractivity contribution is 0.0951. The van der Waals surface area contributed by atoms with Crippen molar-refractivity contribution < 1.29 is 13.2 Å². The Labute approximate surface area is 137 Å². The van der Waals surface area contributed by atoms with E-state index in [4.69, 9.17) is 0 Å². The molecule has 1 aromatic carbocycles. The molecule has 1 heterocycles. The fraction of sp³-hybridized carbons (Fsp3) is 0.562. The highest BCUT2D eigenvalue weighted by Gasteiger charge is 2.28. The van der Waals surface area contributed by atoms with Crippen molar-refractivity contribution >= 4 is 15.9 Å². The Morgan fingerprint density at radius 2 is 1.74 bits per heavy atom. The zero-order valence-corrected chi connectivity index (χ0v) is 14.2. The monoisotopic (exact) mass is 337 g/mol. The number of rotatable bonds is 5. The average Bonchev–Trinajstić information content (AvgIpc) is 3.39. The molecule has 0 unspecified atom stereocenters. The van der Waals surface area contributed by atoms with Crippen molar-refractivity contribution in [2.75, 3.05) is 32.7 Å². The molecule has 1 N–H and O–H groups in total. The molecule has 1 amide bonds. The molecule has 126 valence electrons. The molecular formula is C16H23N3O3S. The molecule has 1 aliphatic carbocycles. The second kappa shape index (κ2) is 6.59. The van der Waals surface area contributed by atoms with Crippen LogP contribution in [0.25, 0.3) is 0 Å². The van der Waals surface area contributed by atoms with E-state index in [0.717, 1.165) is 32.5 Å². The summed E-state index contributed by atoms with van der Waals surface area (Å²) in [5.41, 5.74) is 0.506. The maximum Gasteiger partial charge on any atom is 0.251 e. The number of hydrogen-bond acceptors (Lipinski definition) is 4. The van der Waals surface area contributed by atoms with Gasteiger partial charge in [-0.25, -0.2) is 8.42 Å². The van der Waals surface area contributed by atoms with Gasteiger partial charge in [-0.05, 0) is 43.7 Å². The second-order valence-corrected chi connectivity index (χ2v) is 8.05. The topological polar surface area (TPSA) is 69.7 Å². The molecule has 0 aromatic heterocycles. The highest BCUT2D eigenvalue weighted by molar-refractivity contribution is 7.89. The Balaban J connectivity index is 1.69. The van der Waals surface area contributed by atoms with Crippen molar-refractivity contribution in [3.63, 3.8) is 0 Å². The standard InChI is InChI=1S/C16H23N3O3S/c1-2-18-9-11-19(12-10-18)23(21,22)15-7-3-13(4-8-15)16(20)17-14-5-6-14/h3-4,7-8,14H,2,5-6,9-12H2,1H3,(H,17,20). The lowest BCUT2D eigenvalue weighted by Gasteiger charge is -2.33.